The molecule has 0 bridgehead atoms. The lowest BCUT2D eigenvalue weighted by Crippen LogP contribution is -2.16. The first-order chi connectivity index (χ1) is 4.35. The molecule has 0 aromatic heterocycles. The predicted octanol–water partition coefficient (Wildman–Crippen LogP) is 0.437. The Morgan fingerprint density at radius 1 is 1.22 bits per heavy atom. The quantitative estimate of drug-likeness (QED) is 0.414. The molecule has 3 heteroatoms. The topological polar surface area (TPSA) is 18.5 Å². The van der Waals surface area contributed by atoms with E-state index >= 15 is 0 Å². The van der Waals surface area contributed by atoms with Crippen molar-refractivity contribution in [2.24, 2.45) is 0 Å². The monoisotopic (exact) mass is 146 g/mol. The van der Waals surface area contributed by atoms with Gasteiger partial charge in [0.15, 0.2) is 0 Å². The Balaban J connectivity index is 3.18. The van der Waals surface area contributed by atoms with E-state index in [1.54, 1.807) is 0 Å². The highest BCUT2D eigenvalue weighted by molar-refractivity contribution is 6.08. The standard InChI is InChI=1S/C6H13O2.Al.2H/c1-4-7-6(3)8-5-2;;;/h6H,3-5H2,1-2H3;;;. The van der Waals surface area contributed by atoms with E-state index in [9.17, 15) is 0 Å². The van der Waals surface area contributed by atoms with Crippen molar-refractivity contribution in [2.75, 3.05) is 13.2 Å². The molecule has 0 atom stereocenters. The van der Waals surface area contributed by atoms with E-state index in [1.165, 1.54) is 0 Å². The summed E-state index contributed by atoms with van der Waals surface area (Å²) in [6, 6.07) is 0. The molecule has 0 aromatic rings. The molecule has 0 heterocycles. The number of hydrogen-bond acceptors (Lipinski definition) is 2. The summed E-state index contributed by atoms with van der Waals surface area (Å²) < 4.78 is 10.5. The zero-order valence-corrected chi connectivity index (χ0v) is 8.52. The van der Waals surface area contributed by atoms with Gasteiger partial charge in [-0.2, -0.15) is 0 Å². The van der Waals surface area contributed by atoms with E-state index in [-0.39, 0.29) is 6.29 Å². The second-order valence-electron chi connectivity index (χ2n) is 1.75. The maximum atomic E-state index is 5.24. The molecule has 0 aliphatic carbocycles. The molecule has 0 rings (SSSR count). The molecule has 0 aliphatic rings. The van der Waals surface area contributed by atoms with Crippen LogP contribution in [0.4, 0.5) is 0 Å². The van der Waals surface area contributed by atoms with Crippen LogP contribution < -0.4 is 0 Å². The minimum atomic E-state index is 0.0756. The van der Waals surface area contributed by atoms with Gasteiger partial charge in [-0.1, -0.05) is 5.28 Å². The van der Waals surface area contributed by atoms with Gasteiger partial charge in [-0.3, -0.25) is 0 Å². The van der Waals surface area contributed by atoms with Gasteiger partial charge in [0.25, 0.3) is 0 Å². The summed E-state index contributed by atoms with van der Waals surface area (Å²) >= 11 is 1.15. The number of ether oxygens (including phenoxy) is 2. The van der Waals surface area contributed by atoms with Gasteiger partial charge in [-0.15, -0.1) is 0 Å². The Kier molecular flexibility index (Phi) is 6.90. The van der Waals surface area contributed by atoms with Crippen LogP contribution in [0.5, 0.6) is 0 Å². The summed E-state index contributed by atoms with van der Waals surface area (Å²) in [6.45, 7) is 5.49. The molecule has 9 heavy (non-hydrogen) atoms. The van der Waals surface area contributed by atoms with E-state index in [4.69, 9.17) is 9.47 Å². The normalized spacial score (nSPS) is 10.6. The van der Waals surface area contributed by atoms with E-state index in [1.807, 2.05) is 13.8 Å². The Labute approximate surface area is 65.0 Å². The number of rotatable bonds is 5. The fraction of sp³-hybridized carbons (Fsp3) is 1.00. The lowest BCUT2D eigenvalue weighted by atomic mass is 10.7. The summed E-state index contributed by atoms with van der Waals surface area (Å²) in [5.41, 5.74) is 0. The molecule has 0 fully saturated rings. The summed E-state index contributed by atoms with van der Waals surface area (Å²) in [5.74, 6) is 0. The van der Waals surface area contributed by atoms with Crippen LogP contribution in [-0.2, 0) is 9.47 Å². The highest BCUT2D eigenvalue weighted by atomic mass is 27.0. The smallest absolute Gasteiger partial charge is 0.219 e. The van der Waals surface area contributed by atoms with Crippen LogP contribution in [0, 0.1) is 0 Å². The second-order valence-corrected chi connectivity index (χ2v) is 2.56. The van der Waals surface area contributed by atoms with Crippen molar-refractivity contribution in [1.29, 1.82) is 0 Å². The highest BCUT2D eigenvalue weighted by Gasteiger charge is 2.01. The molecule has 0 spiro atoms. The van der Waals surface area contributed by atoms with Crippen molar-refractivity contribution in [2.45, 2.75) is 25.4 Å². The van der Waals surface area contributed by atoms with E-state index in [2.05, 4.69) is 0 Å². The van der Waals surface area contributed by atoms with Crippen LogP contribution in [-0.4, -0.2) is 35.8 Å². The second kappa shape index (κ2) is 6.57. The first kappa shape index (κ1) is 9.45. The Hall–Kier alpha value is 0.452. The van der Waals surface area contributed by atoms with Crippen molar-refractivity contribution >= 4 is 16.3 Å². The molecular formula is C6H15AlO2. The van der Waals surface area contributed by atoms with E-state index in [0.717, 1.165) is 34.8 Å². The first-order valence-electron chi connectivity index (χ1n) is 3.58. The molecule has 2 nitrogen and oxygen atoms in total. The van der Waals surface area contributed by atoms with Gasteiger partial charge in [0.2, 0.25) is 16.3 Å². The molecule has 0 saturated carbocycles. The van der Waals surface area contributed by atoms with Crippen LogP contribution in [0.1, 0.15) is 13.8 Å². The van der Waals surface area contributed by atoms with Crippen LogP contribution in [0.2, 0.25) is 5.28 Å². The van der Waals surface area contributed by atoms with Crippen LogP contribution in [0.3, 0.4) is 0 Å². The molecular weight excluding hydrogens is 131 g/mol. The molecule has 0 aromatic carbocycles. The minimum absolute atomic E-state index is 0.0756. The molecule has 0 amide bonds. The third kappa shape index (κ3) is 4.93. The minimum Gasteiger partial charge on any atom is -0.354 e. The zero-order valence-electron chi connectivity index (χ0n) is 6.52. The van der Waals surface area contributed by atoms with Gasteiger partial charge in [0, 0.05) is 13.2 Å². The Bertz CT molecular complexity index is 53.0. The van der Waals surface area contributed by atoms with E-state index < -0.39 is 0 Å². The number of hydrogen-bond donors (Lipinski definition) is 0. The van der Waals surface area contributed by atoms with Gasteiger partial charge >= 0.3 is 0 Å². The van der Waals surface area contributed by atoms with Gasteiger partial charge in [0.05, 0.1) is 0 Å². The Morgan fingerprint density at radius 3 is 1.89 bits per heavy atom. The molecule has 0 saturated heterocycles. The van der Waals surface area contributed by atoms with E-state index in [0.29, 0.717) is 0 Å². The highest BCUT2D eigenvalue weighted by Crippen LogP contribution is 1.97. The Morgan fingerprint density at radius 2 is 1.67 bits per heavy atom. The lowest BCUT2D eigenvalue weighted by molar-refractivity contribution is -0.122. The fourth-order valence-electron chi connectivity index (χ4n) is 0.656. The summed E-state index contributed by atoms with van der Waals surface area (Å²) in [6.07, 6.45) is 0.0756. The fourth-order valence-corrected chi connectivity index (χ4v) is 1.13. The molecule has 54 valence electrons. The predicted molar refractivity (Wildman–Crippen MR) is 40.4 cm³/mol. The third-order valence-corrected chi connectivity index (χ3v) is 1.71. The largest absolute Gasteiger partial charge is 0.354 e. The van der Waals surface area contributed by atoms with Crippen LogP contribution >= 0.6 is 0 Å². The molecule has 0 unspecified atom stereocenters. The average Bonchev–Trinajstić information content (AvgIpc) is 1.88. The van der Waals surface area contributed by atoms with Gasteiger partial charge in [0.1, 0.15) is 6.29 Å². The van der Waals surface area contributed by atoms with Crippen molar-refractivity contribution in [3.8, 4) is 0 Å². The average molecular weight is 146 g/mol. The van der Waals surface area contributed by atoms with Crippen molar-refractivity contribution < 1.29 is 9.47 Å². The lowest BCUT2D eigenvalue weighted by Gasteiger charge is -2.13. The zero-order chi connectivity index (χ0) is 7.11. The van der Waals surface area contributed by atoms with Crippen LogP contribution in [0.25, 0.3) is 0 Å². The van der Waals surface area contributed by atoms with Gasteiger partial charge in [-0.25, -0.2) is 0 Å². The van der Waals surface area contributed by atoms with Crippen LogP contribution in [0.15, 0.2) is 0 Å². The van der Waals surface area contributed by atoms with Gasteiger partial charge in [-0.05, 0) is 13.8 Å². The summed E-state index contributed by atoms with van der Waals surface area (Å²) in [4.78, 5) is 0. The third-order valence-electron chi connectivity index (χ3n) is 1.04. The molecule has 0 radical (unpaired) electrons. The molecule has 0 aliphatic heterocycles. The van der Waals surface area contributed by atoms with Crippen molar-refractivity contribution in [3.63, 3.8) is 0 Å². The van der Waals surface area contributed by atoms with Crippen molar-refractivity contribution in [3.05, 3.63) is 0 Å². The molecule has 0 N–H and O–H groups in total. The van der Waals surface area contributed by atoms with Crippen molar-refractivity contribution in [1.82, 2.24) is 0 Å². The summed E-state index contributed by atoms with van der Waals surface area (Å²) in [5, 5.41) is 1.07. The summed E-state index contributed by atoms with van der Waals surface area (Å²) in [7, 11) is 0. The SMILES string of the molecule is CCOC([CH2][AlH2])OCC. The first-order valence-corrected chi connectivity index (χ1v) is 4.99. The maximum Gasteiger partial charge on any atom is 0.219 e. The maximum absolute atomic E-state index is 5.24. The van der Waals surface area contributed by atoms with Gasteiger partial charge < -0.3 is 9.47 Å².